The van der Waals surface area contributed by atoms with E-state index in [1.807, 2.05) is 43.3 Å². The second-order valence-electron chi connectivity index (χ2n) is 6.47. The van der Waals surface area contributed by atoms with E-state index < -0.39 is 12.6 Å². The second-order valence-corrected chi connectivity index (χ2v) is 6.47. The number of hydrogen-bond donors (Lipinski definition) is 1. The Labute approximate surface area is 165 Å². The van der Waals surface area contributed by atoms with Gasteiger partial charge in [0.15, 0.2) is 0 Å². The molecule has 1 aliphatic rings. The third-order valence-corrected chi connectivity index (χ3v) is 4.83. The highest BCUT2D eigenvalue weighted by atomic mass is 35.5. The molecule has 1 fully saturated rings. The minimum Gasteiger partial charge on any atom is -0.314 e. The lowest BCUT2D eigenvalue weighted by molar-refractivity contribution is -0.138. The maximum atomic E-state index is 12.8. The van der Waals surface area contributed by atoms with Crippen molar-refractivity contribution in [3.8, 4) is 0 Å². The molecule has 0 amide bonds. The SMILES string of the molecule is Cc1ccc([C@H](CCC(F)(F)F)N2CCNCC2)c2ccccc12.Cl.Cl. The molecular formula is C19H25Cl2F3N2. The molecule has 146 valence electrons. The highest BCUT2D eigenvalue weighted by Crippen LogP contribution is 2.36. The standard InChI is InChI=1S/C19H23F3N2.2ClH/c1-14-6-7-17(16-5-3-2-4-15(14)16)18(8-9-19(20,21)22)24-12-10-23-11-13-24;;/h2-7,18,23H,8-13H2,1H3;2*1H/t18-;;/m0../s1. The molecule has 0 aliphatic carbocycles. The molecule has 1 heterocycles. The van der Waals surface area contributed by atoms with E-state index in [1.165, 1.54) is 0 Å². The van der Waals surface area contributed by atoms with Gasteiger partial charge in [-0.1, -0.05) is 36.4 Å². The zero-order chi connectivity index (χ0) is 17.2. The molecule has 0 radical (unpaired) electrons. The number of piperazine rings is 1. The van der Waals surface area contributed by atoms with Crippen LogP contribution in [0.25, 0.3) is 10.8 Å². The number of halogens is 5. The Morgan fingerprint density at radius 1 is 1.00 bits per heavy atom. The molecule has 0 spiro atoms. The fourth-order valence-corrected chi connectivity index (χ4v) is 3.59. The fourth-order valence-electron chi connectivity index (χ4n) is 3.59. The lowest BCUT2D eigenvalue weighted by Crippen LogP contribution is -2.45. The van der Waals surface area contributed by atoms with E-state index in [0.717, 1.165) is 48.1 Å². The van der Waals surface area contributed by atoms with Crippen LogP contribution in [0.2, 0.25) is 0 Å². The molecule has 2 nitrogen and oxygen atoms in total. The summed E-state index contributed by atoms with van der Waals surface area (Å²) in [7, 11) is 0. The topological polar surface area (TPSA) is 15.3 Å². The van der Waals surface area contributed by atoms with Crippen LogP contribution < -0.4 is 5.32 Å². The van der Waals surface area contributed by atoms with Crippen molar-refractivity contribution in [3.63, 3.8) is 0 Å². The van der Waals surface area contributed by atoms with Gasteiger partial charge in [0.05, 0.1) is 0 Å². The van der Waals surface area contributed by atoms with E-state index in [1.54, 1.807) is 0 Å². The first-order valence-electron chi connectivity index (χ1n) is 8.45. The molecule has 0 unspecified atom stereocenters. The molecule has 2 aromatic rings. The monoisotopic (exact) mass is 408 g/mol. The van der Waals surface area contributed by atoms with Crippen molar-refractivity contribution in [2.75, 3.05) is 26.2 Å². The van der Waals surface area contributed by atoms with Crippen LogP contribution in [0.1, 0.15) is 30.0 Å². The van der Waals surface area contributed by atoms with Gasteiger partial charge in [-0.3, -0.25) is 4.90 Å². The summed E-state index contributed by atoms with van der Waals surface area (Å²) in [6.07, 6.45) is -4.76. The van der Waals surface area contributed by atoms with E-state index in [4.69, 9.17) is 0 Å². The molecular weight excluding hydrogens is 384 g/mol. The van der Waals surface area contributed by atoms with Crippen molar-refractivity contribution in [1.29, 1.82) is 0 Å². The number of nitrogens with one attached hydrogen (secondary N) is 1. The van der Waals surface area contributed by atoms with Gasteiger partial charge in [0.25, 0.3) is 0 Å². The van der Waals surface area contributed by atoms with Gasteiger partial charge in [0, 0.05) is 38.6 Å². The van der Waals surface area contributed by atoms with E-state index in [-0.39, 0.29) is 37.3 Å². The molecule has 0 bridgehead atoms. The van der Waals surface area contributed by atoms with Gasteiger partial charge in [-0.2, -0.15) is 13.2 Å². The number of aryl methyl sites for hydroxylation is 1. The average Bonchev–Trinajstić information content (AvgIpc) is 2.57. The molecule has 0 aromatic heterocycles. The number of alkyl halides is 3. The summed E-state index contributed by atoms with van der Waals surface area (Å²) in [5, 5.41) is 5.48. The Kier molecular flexibility index (Phi) is 8.67. The maximum absolute atomic E-state index is 12.8. The van der Waals surface area contributed by atoms with Crippen molar-refractivity contribution in [1.82, 2.24) is 10.2 Å². The highest BCUT2D eigenvalue weighted by molar-refractivity contribution is 5.89. The second kappa shape index (κ2) is 9.79. The van der Waals surface area contributed by atoms with E-state index >= 15 is 0 Å². The fraction of sp³-hybridized carbons (Fsp3) is 0.474. The first-order valence-corrected chi connectivity index (χ1v) is 8.45. The number of fused-ring (bicyclic) bond motifs is 1. The van der Waals surface area contributed by atoms with Gasteiger partial charge < -0.3 is 5.32 Å². The van der Waals surface area contributed by atoms with Crippen LogP contribution in [-0.4, -0.2) is 37.3 Å². The van der Waals surface area contributed by atoms with Gasteiger partial charge in [-0.05, 0) is 35.2 Å². The maximum Gasteiger partial charge on any atom is 0.389 e. The van der Waals surface area contributed by atoms with E-state index in [0.29, 0.717) is 0 Å². The number of hydrogen-bond acceptors (Lipinski definition) is 2. The summed E-state index contributed by atoms with van der Waals surface area (Å²) in [5.41, 5.74) is 2.17. The zero-order valence-corrected chi connectivity index (χ0v) is 16.3. The molecule has 1 atom stereocenters. The van der Waals surface area contributed by atoms with Crippen molar-refractivity contribution < 1.29 is 13.2 Å². The lowest BCUT2D eigenvalue weighted by atomic mass is 9.92. The van der Waals surface area contributed by atoms with Crippen LogP contribution in [0, 0.1) is 6.92 Å². The minimum absolute atomic E-state index is 0. The number of nitrogens with zero attached hydrogens (tertiary/aromatic N) is 1. The molecule has 26 heavy (non-hydrogen) atoms. The van der Waals surface area contributed by atoms with Crippen LogP contribution in [0.4, 0.5) is 13.2 Å². The smallest absolute Gasteiger partial charge is 0.314 e. The lowest BCUT2D eigenvalue weighted by Gasteiger charge is -2.36. The van der Waals surface area contributed by atoms with Gasteiger partial charge in [0.2, 0.25) is 0 Å². The normalized spacial score (nSPS) is 16.6. The Hall–Kier alpha value is -1.01. The van der Waals surface area contributed by atoms with Gasteiger partial charge in [0.1, 0.15) is 0 Å². The van der Waals surface area contributed by atoms with Crippen LogP contribution in [0.3, 0.4) is 0 Å². The van der Waals surface area contributed by atoms with Gasteiger partial charge >= 0.3 is 6.18 Å². The highest BCUT2D eigenvalue weighted by Gasteiger charge is 2.31. The van der Waals surface area contributed by atoms with Crippen molar-refractivity contribution in [2.45, 2.75) is 32.0 Å². The summed E-state index contributed by atoms with van der Waals surface area (Å²) < 4.78 is 38.5. The molecule has 2 aromatic carbocycles. The number of rotatable bonds is 4. The molecule has 1 saturated heterocycles. The summed E-state index contributed by atoms with van der Waals surface area (Å²) in [6, 6.07) is 11.9. The average molecular weight is 409 g/mol. The molecule has 0 saturated carbocycles. The Morgan fingerprint density at radius 2 is 1.62 bits per heavy atom. The third kappa shape index (κ3) is 5.49. The number of benzene rings is 2. The van der Waals surface area contributed by atoms with Crippen LogP contribution in [0.5, 0.6) is 0 Å². The zero-order valence-electron chi connectivity index (χ0n) is 14.7. The summed E-state index contributed by atoms with van der Waals surface area (Å²) in [6.45, 7) is 5.26. The third-order valence-electron chi connectivity index (χ3n) is 4.83. The predicted octanol–water partition coefficient (Wildman–Crippen LogP) is 5.28. The largest absolute Gasteiger partial charge is 0.389 e. The van der Waals surface area contributed by atoms with Crippen LogP contribution in [-0.2, 0) is 0 Å². The summed E-state index contributed by atoms with van der Waals surface area (Å²) in [5.74, 6) is 0. The Balaban J connectivity index is 0.00000169. The van der Waals surface area contributed by atoms with E-state index in [9.17, 15) is 13.2 Å². The first kappa shape index (κ1) is 23.0. The molecule has 1 N–H and O–H groups in total. The van der Waals surface area contributed by atoms with Crippen LogP contribution in [0.15, 0.2) is 36.4 Å². The molecule has 7 heteroatoms. The van der Waals surface area contributed by atoms with Crippen molar-refractivity contribution in [3.05, 3.63) is 47.5 Å². The summed E-state index contributed by atoms with van der Waals surface area (Å²) >= 11 is 0. The quantitative estimate of drug-likeness (QED) is 0.739. The predicted molar refractivity (Wildman–Crippen MR) is 106 cm³/mol. The molecule has 1 aliphatic heterocycles. The first-order chi connectivity index (χ1) is 11.5. The van der Waals surface area contributed by atoms with Crippen molar-refractivity contribution >= 4 is 35.6 Å². The summed E-state index contributed by atoms with van der Waals surface area (Å²) in [4.78, 5) is 2.19. The minimum atomic E-state index is -4.12. The molecule has 3 rings (SSSR count). The van der Waals surface area contributed by atoms with E-state index in [2.05, 4.69) is 10.2 Å². The van der Waals surface area contributed by atoms with Crippen molar-refractivity contribution in [2.24, 2.45) is 0 Å². The van der Waals surface area contributed by atoms with Crippen LogP contribution >= 0.6 is 24.8 Å². The van der Waals surface area contributed by atoms with Gasteiger partial charge in [-0.25, -0.2) is 0 Å². The Bertz CT molecular complexity index is 701. The Morgan fingerprint density at radius 3 is 2.23 bits per heavy atom. The van der Waals surface area contributed by atoms with Gasteiger partial charge in [-0.15, -0.1) is 24.8 Å².